The highest BCUT2D eigenvalue weighted by Crippen LogP contribution is 2.26. The molecule has 0 fully saturated rings. The minimum atomic E-state index is -1.19. The molecule has 2 aromatic rings. The summed E-state index contributed by atoms with van der Waals surface area (Å²) in [5.74, 6) is -0.582. The van der Waals surface area contributed by atoms with Crippen LogP contribution in [0.4, 0.5) is 11.4 Å². The minimum Gasteiger partial charge on any atom is -0.325 e. The lowest BCUT2D eigenvalue weighted by Gasteiger charge is -2.28. The number of carbonyl (C=O) groups is 2. The van der Waals surface area contributed by atoms with Gasteiger partial charge in [0.1, 0.15) is 5.41 Å². The fourth-order valence-electron chi connectivity index (χ4n) is 2.63. The molecule has 0 saturated carbocycles. The Morgan fingerprint density at radius 3 is 1.88 bits per heavy atom. The van der Waals surface area contributed by atoms with E-state index in [1.165, 1.54) is 10.5 Å². The molecule has 0 heterocycles. The zero-order valence-electron chi connectivity index (χ0n) is 16.5. The molecule has 1 N–H and O–H groups in total. The number of anilines is 2. The first kappa shape index (κ1) is 19.7. The average Bonchev–Trinajstić information content (AvgIpc) is 2.60. The Kier molecular flexibility index (Phi) is 5.55. The van der Waals surface area contributed by atoms with Crippen LogP contribution in [0.3, 0.4) is 0 Å². The van der Waals surface area contributed by atoms with Crippen molar-refractivity contribution < 1.29 is 9.59 Å². The summed E-state index contributed by atoms with van der Waals surface area (Å²) in [5.41, 5.74) is 1.50. The third-order valence-corrected chi connectivity index (χ3v) is 4.56. The van der Waals surface area contributed by atoms with Gasteiger partial charge in [-0.15, -0.1) is 0 Å². The van der Waals surface area contributed by atoms with Crippen molar-refractivity contribution in [3.8, 4) is 0 Å². The fourth-order valence-corrected chi connectivity index (χ4v) is 2.63. The Morgan fingerprint density at radius 2 is 1.38 bits per heavy atom. The van der Waals surface area contributed by atoms with E-state index in [-0.39, 0.29) is 17.2 Å². The SMILES string of the molecule is CN(C(=O)C(C)(C)C(=O)Nc1ccc(C(C)(C)C)cc1)c1ccccc1. The molecule has 0 spiro atoms. The lowest BCUT2D eigenvalue weighted by molar-refractivity contribution is -0.136. The molecule has 0 aromatic heterocycles. The van der Waals surface area contributed by atoms with Gasteiger partial charge in [-0.1, -0.05) is 51.1 Å². The highest BCUT2D eigenvalue weighted by atomic mass is 16.2. The van der Waals surface area contributed by atoms with Crippen molar-refractivity contribution in [1.29, 1.82) is 0 Å². The van der Waals surface area contributed by atoms with Gasteiger partial charge in [0.15, 0.2) is 0 Å². The summed E-state index contributed by atoms with van der Waals surface area (Å²) in [6.07, 6.45) is 0. The van der Waals surface area contributed by atoms with Crippen LogP contribution in [0.2, 0.25) is 0 Å². The summed E-state index contributed by atoms with van der Waals surface area (Å²) in [6, 6.07) is 17.1. The second-order valence-corrected chi connectivity index (χ2v) is 8.11. The lowest BCUT2D eigenvalue weighted by Crippen LogP contribution is -2.46. The molecule has 0 aliphatic rings. The largest absolute Gasteiger partial charge is 0.325 e. The van der Waals surface area contributed by atoms with Crippen LogP contribution >= 0.6 is 0 Å². The normalized spacial score (nSPS) is 11.8. The first-order valence-corrected chi connectivity index (χ1v) is 8.78. The van der Waals surface area contributed by atoms with Gasteiger partial charge in [-0.3, -0.25) is 9.59 Å². The maximum absolute atomic E-state index is 12.8. The molecule has 0 aliphatic heterocycles. The smallest absolute Gasteiger partial charge is 0.241 e. The van der Waals surface area contributed by atoms with Crippen LogP contribution in [0.25, 0.3) is 0 Å². The van der Waals surface area contributed by atoms with Crippen LogP contribution in [-0.2, 0) is 15.0 Å². The Balaban J connectivity index is 2.13. The van der Waals surface area contributed by atoms with E-state index in [0.29, 0.717) is 5.69 Å². The summed E-state index contributed by atoms with van der Waals surface area (Å²) in [5, 5.41) is 2.86. The lowest BCUT2D eigenvalue weighted by atomic mass is 9.87. The van der Waals surface area contributed by atoms with Crippen molar-refractivity contribution in [3.05, 3.63) is 60.2 Å². The molecule has 0 aliphatic carbocycles. The van der Waals surface area contributed by atoms with Gasteiger partial charge in [0, 0.05) is 18.4 Å². The van der Waals surface area contributed by atoms with Crippen molar-refractivity contribution in [1.82, 2.24) is 0 Å². The van der Waals surface area contributed by atoms with E-state index in [0.717, 1.165) is 5.69 Å². The number of nitrogens with zero attached hydrogens (tertiary/aromatic N) is 1. The number of hydrogen-bond donors (Lipinski definition) is 1. The molecule has 0 radical (unpaired) electrons. The van der Waals surface area contributed by atoms with E-state index in [2.05, 4.69) is 26.1 Å². The summed E-state index contributed by atoms with van der Waals surface area (Å²) >= 11 is 0. The summed E-state index contributed by atoms with van der Waals surface area (Å²) in [7, 11) is 1.69. The number of carbonyl (C=O) groups excluding carboxylic acids is 2. The average molecular weight is 352 g/mol. The second kappa shape index (κ2) is 7.32. The van der Waals surface area contributed by atoms with Gasteiger partial charge < -0.3 is 10.2 Å². The molecule has 2 amide bonds. The van der Waals surface area contributed by atoms with E-state index in [1.807, 2.05) is 54.6 Å². The van der Waals surface area contributed by atoms with Crippen LogP contribution in [0.5, 0.6) is 0 Å². The van der Waals surface area contributed by atoms with E-state index in [9.17, 15) is 9.59 Å². The van der Waals surface area contributed by atoms with Crippen LogP contribution < -0.4 is 10.2 Å². The molecule has 0 atom stereocenters. The number of benzene rings is 2. The number of nitrogens with one attached hydrogen (secondary N) is 1. The molecular formula is C22H28N2O2. The molecule has 4 nitrogen and oxygen atoms in total. The van der Waals surface area contributed by atoms with Gasteiger partial charge in [-0.25, -0.2) is 0 Å². The molecule has 138 valence electrons. The van der Waals surface area contributed by atoms with E-state index < -0.39 is 5.41 Å². The van der Waals surface area contributed by atoms with Gasteiger partial charge >= 0.3 is 0 Å². The molecule has 0 unspecified atom stereocenters. The number of hydrogen-bond acceptors (Lipinski definition) is 2. The van der Waals surface area contributed by atoms with Gasteiger partial charge in [-0.05, 0) is 49.1 Å². The molecule has 0 saturated heterocycles. The van der Waals surface area contributed by atoms with Gasteiger partial charge in [0.05, 0.1) is 0 Å². The topological polar surface area (TPSA) is 49.4 Å². The first-order valence-electron chi connectivity index (χ1n) is 8.78. The van der Waals surface area contributed by atoms with Crippen LogP contribution in [0, 0.1) is 5.41 Å². The molecule has 26 heavy (non-hydrogen) atoms. The fraction of sp³-hybridized carbons (Fsp3) is 0.364. The van der Waals surface area contributed by atoms with Crippen molar-refractivity contribution in [3.63, 3.8) is 0 Å². The predicted molar refractivity (Wildman–Crippen MR) is 107 cm³/mol. The molecule has 2 rings (SSSR count). The predicted octanol–water partition coefficient (Wildman–Crippen LogP) is 4.61. The van der Waals surface area contributed by atoms with Gasteiger partial charge in [0.2, 0.25) is 11.8 Å². The van der Waals surface area contributed by atoms with Crippen molar-refractivity contribution in [2.45, 2.75) is 40.0 Å². The molecule has 4 heteroatoms. The number of amides is 2. The Morgan fingerprint density at radius 1 is 0.846 bits per heavy atom. The van der Waals surface area contributed by atoms with Crippen LogP contribution in [0.1, 0.15) is 40.2 Å². The van der Waals surface area contributed by atoms with Crippen molar-refractivity contribution in [2.24, 2.45) is 5.41 Å². The number of para-hydroxylation sites is 1. The zero-order valence-corrected chi connectivity index (χ0v) is 16.5. The quantitative estimate of drug-likeness (QED) is 0.817. The summed E-state index contributed by atoms with van der Waals surface area (Å²) in [6.45, 7) is 9.71. The monoisotopic (exact) mass is 352 g/mol. The maximum Gasteiger partial charge on any atom is 0.241 e. The Labute approximate surface area is 156 Å². The minimum absolute atomic E-state index is 0.0518. The second-order valence-electron chi connectivity index (χ2n) is 8.11. The standard InChI is InChI=1S/C22H28N2O2/c1-21(2,3)16-12-14-17(15-13-16)23-19(25)22(4,5)20(26)24(6)18-10-8-7-9-11-18/h7-15H,1-6H3,(H,23,25). The van der Waals surface area contributed by atoms with E-state index >= 15 is 0 Å². The van der Waals surface area contributed by atoms with Gasteiger partial charge in [0.25, 0.3) is 0 Å². The van der Waals surface area contributed by atoms with E-state index in [1.54, 1.807) is 20.9 Å². The highest BCUT2D eigenvalue weighted by Gasteiger charge is 2.38. The third-order valence-electron chi connectivity index (χ3n) is 4.56. The Bertz CT molecular complexity index is 772. The van der Waals surface area contributed by atoms with Crippen molar-refractivity contribution >= 4 is 23.2 Å². The highest BCUT2D eigenvalue weighted by molar-refractivity contribution is 6.14. The summed E-state index contributed by atoms with van der Waals surface area (Å²) in [4.78, 5) is 27.1. The maximum atomic E-state index is 12.8. The zero-order chi connectivity index (χ0) is 19.5. The van der Waals surface area contributed by atoms with E-state index in [4.69, 9.17) is 0 Å². The number of rotatable bonds is 4. The Hall–Kier alpha value is -2.62. The first-order chi connectivity index (χ1) is 12.0. The summed E-state index contributed by atoms with van der Waals surface area (Å²) < 4.78 is 0. The van der Waals surface area contributed by atoms with Crippen LogP contribution in [-0.4, -0.2) is 18.9 Å². The van der Waals surface area contributed by atoms with Gasteiger partial charge in [-0.2, -0.15) is 0 Å². The van der Waals surface area contributed by atoms with Crippen molar-refractivity contribution in [2.75, 3.05) is 17.3 Å². The molecular weight excluding hydrogens is 324 g/mol. The third kappa shape index (κ3) is 4.31. The molecule has 0 bridgehead atoms. The van der Waals surface area contributed by atoms with Crippen LogP contribution in [0.15, 0.2) is 54.6 Å². The molecule has 2 aromatic carbocycles.